The predicted octanol–water partition coefficient (Wildman–Crippen LogP) is -3.04. The van der Waals surface area contributed by atoms with Crippen LogP contribution < -0.4 is 0 Å². The fourth-order valence-corrected chi connectivity index (χ4v) is 2.24. The van der Waals surface area contributed by atoms with Gasteiger partial charge in [0.15, 0.2) is 0 Å². The van der Waals surface area contributed by atoms with E-state index in [1.54, 1.807) is 0 Å². The van der Waals surface area contributed by atoms with E-state index in [0.717, 1.165) is 0 Å². The molecule has 0 aromatic rings. The van der Waals surface area contributed by atoms with Crippen molar-refractivity contribution in [1.29, 1.82) is 0 Å². The van der Waals surface area contributed by atoms with Gasteiger partial charge in [0.1, 0.15) is 38.9 Å². The largest absolute Gasteiger partial charge is 0.397 e. The molecular formula is C9H22NO8S+. The predicted molar refractivity (Wildman–Crippen MR) is 64.5 cm³/mol. The number of aliphatic hydroxyl groups is 4. The maximum atomic E-state index is 10.4. The lowest BCUT2D eigenvalue weighted by Crippen LogP contribution is -2.57. The molecule has 0 rings (SSSR count). The van der Waals surface area contributed by atoms with Gasteiger partial charge in [-0.05, 0) is 0 Å². The standard InChI is InChI=1S/C9H21NO8S/c11-4-1-10(2-5-12,3-6-13)7-9(14)8-18-19(15,16)17/h9,11-14H,1-8H2/p+1. The minimum atomic E-state index is -4.63. The van der Waals surface area contributed by atoms with Crippen molar-refractivity contribution in [2.45, 2.75) is 6.10 Å². The van der Waals surface area contributed by atoms with Crippen LogP contribution in [0.2, 0.25) is 0 Å². The highest BCUT2D eigenvalue weighted by Crippen LogP contribution is 2.08. The minimum absolute atomic E-state index is 0.0134. The fraction of sp³-hybridized carbons (Fsp3) is 1.00. The Morgan fingerprint density at radius 1 is 1.00 bits per heavy atom. The summed E-state index contributed by atoms with van der Waals surface area (Å²) in [5.74, 6) is 0. The summed E-state index contributed by atoms with van der Waals surface area (Å²) in [7, 11) is -4.63. The third kappa shape index (κ3) is 8.44. The number of aliphatic hydroxyl groups excluding tert-OH is 4. The zero-order valence-corrected chi connectivity index (χ0v) is 11.4. The number of hydrogen-bond donors (Lipinski definition) is 5. The molecule has 1 atom stereocenters. The van der Waals surface area contributed by atoms with E-state index in [4.69, 9.17) is 19.9 Å². The quantitative estimate of drug-likeness (QED) is 0.200. The number of hydrogen-bond acceptors (Lipinski definition) is 7. The van der Waals surface area contributed by atoms with Crippen molar-refractivity contribution >= 4 is 10.4 Å². The Morgan fingerprint density at radius 2 is 1.42 bits per heavy atom. The van der Waals surface area contributed by atoms with E-state index in [2.05, 4.69) is 4.18 Å². The highest BCUT2D eigenvalue weighted by Gasteiger charge is 2.30. The monoisotopic (exact) mass is 304 g/mol. The Labute approximate surface area is 112 Å². The maximum Gasteiger partial charge on any atom is 0.397 e. The Kier molecular flexibility index (Phi) is 8.61. The molecule has 0 saturated heterocycles. The summed E-state index contributed by atoms with van der Waals surface area (Å²) in [6.45, 7) is -0.764. The number of rotatable bonds is 11. The minimum Gasteiger partial charge on any atom is -0.391 e. The number of quaternary nitrogens is 1. The van der Waals surface area contributed by atoms with Gasteiger partial charge in [0.2, 0.25) is 0 Å². The molecule has 0 radical (unpaired) electrons. The van der Waals surface area contributed by atoms with Crippen LogP contribution >= 0.6 is 0 Å². The van der Waals surface area contributed by atoms with Gasteiger partial charge in [-0.2, -0.15) is 8.42 Å². The maximum absolute atomic E-state index is 10.4. The molecule has 0 spiro atoms. The highest BCUT2D eigenvalue weighted by molar-refractivity contribution is 7.80. The second-order valence-corrected chi connectivity index (χ2v) is 5.32. The van der Waals surface area contributed by atoms with E-state index in [-0.39, 0.29) is 50.5 Å². The van der Waals surface area contributed by atoms with E-state index in [9.17, 15) is 13.5 Å². The molecule has 116 valence electrons. The van der Waals surface area contributed by atoms with Crippen molar-refractivity contribution in [3.05, 3.63) is 0 Å². The summed E-state index contributed by atoms with van der Waals surface area (Å²) in [5.41, 5.74) is 0. The van der Waals surface area contributed by atoms with Crippen LogP contribution in [0.1, 0.15) is 0 Å². The second-order valence-electron chi connectivity index (χ2n) is 4.23. The van der Waals surface area contributed by atoms with E-state index in [0.29, 0.717) is 0 Å². The van der Waals surface area contributed by atoms with Gasteiger partial charge < -0.3 is 24.9 Å². The van der Waals surface area contributed by atoms with E-state index in [1.165, 1.54) is 0 Å². The molecular weight excluding hydrogens is 282 g/mol. The summed E-state index contributed by atoms with van der Waals surface area (Å²) in [6, 6.07) is 0. The molecule has 10 heteroatoms. The van der Waals surface area contributed by atoms with Crippen molar-refractivity contribution in [3.63, 3.8) is 0 Å². The van der Waals surface area contributed by atoms with Crippen molar-refractivity contribution < 1.29 is 42.1 Å². The lowest BCUT2D eigenvalue weighted by Gasteiger charge is -2.38. The van der Waals surface area contributed by atoms with Crippen LogP contribution in [0.3, 0.4) is 0 Å². The highest BCUT2D eigenvalue weighted by atomic mass is 32.3. The molecule has 19 heavy (non-hydrogen) atoms. The zero-order chi connectivity index (χ0) is 14.9. The summed E-state index contributed by atoms with van der Waals surface area (Å²) < 4.78 is 33.2. The van der Waals surface area contributed by atoms with Crippen LogP contribution in [-0.2, 0) is 14.6 Å². The molecule has 1 unspecified atom stereocenters. The summed E-state index contributed by atoms with van der Waals surface area (Å²) in [5, 5.41) is 36.7. The lowest BCUT2D eigenvalue weighted by molar-refractivity contribution is -0.931. The SMILES string of the molecule is O=S(=O)(O)OCC(O)C[N+](CCO)(CCO)CCO. The van der Waals surface area contributed by atoms with E-state index < -0.39 is 23.1 Å². The average molecular weight is 304 g/mol. The molecule has 0 heterocycles. The van der Waals surface area contributed by atoms with Gasteiger partial charge in [-0.3, -0.25) is 4.55 Å². The molecule has 0 aliphatic carbocycles. The molecule has 0 fully saturated rings. The van der Waals surface area contributed by atoms with Crippen molar-refractivity contribution in [3.8, 4) is 0 Å². The Bertz CT molecular complexity index is 316. The molecule has 0 aliphatic heterocycles. The number of nitrogens with zero attached hydrogens (tertiary/aromatic N) is 1. The van der Waals surface area contributed by atoms with Gasteiger partial charge in [-0.1, -0.05) is 0 Å². The van der Waals surface area contributed by atoms with E-state index >= 15 is 0 Å². The van der Waals surface area contributed by atoms with Gasteiger partial charge in [0.25, 0.3) is 0 Å². The van der Waals surface area contributed by atoms with Crippen LogP contribution in [0.15, 0.2) is 0 Å². The van der Waals surface area contributed by atoms with Crippen molar-refractivity contribution in [2.75, 3.05) is 52.6 Å². The second kappa shape index (κ2) is 8.76. The van der Waals surface area contributed by atoms with Crippen LogP contribution in [0.25, 0.3) is 0 Å². The van der Waals surface area contributed by atoms with Gasteiger partial charge in [0, 0.05) is 0 Å². The van der Waals surface area contributed by atoms with Gasteiger partial charge in [0.05, 0.1) is 19.8 Å². The third-order valence-electron chi connectivity index (χ3n) is 2.73. The molecule has 0 bridgehead atoms. The molecule has 0 saturated carbocycles. The Morgan fingerprint density at radius 3 is 1.74 bits per heavy atom. The normalized spacial score (nSPS) is 14.6. The first kappa shape index (κ1) is 18.7. The average Bonchev–Trinajstić information content (AvgIpc) is 2.26. The van der Waals surface area contributed by atoms with Gasteiger partial charge in [-0.15, -0.1) is 0 Å². The molecule has 0 aliphatic rings. The summed E-state index contributed by atoms with van der Waals surface area (Å²) in [6.07, 6.45) is -1.23. The summed E-state index contributed by atoms with van der Waals surface area (Å²) >= 11 is 0. The fourth-order valence-electron chi connectivity index (χ4n) is 1.91. The summed E-state index contributed by atoms with van der Waals surface area (Å²) in [4.78, 5) is 0. The van der Waals surface area contributed by atoms with E-state index in [1.807, 2.05) is 0 Å². The van der Waals surface area contributed by atoms with Crippen molar-refractivity contribution in [2.24, 2.45) is 0 Å². The Hall–Kier alpha value is -0.330. The first-order valence-corrected chi connectivity index (χ1v) is 7.12. The molecule has 9 nitrogen and oxygen atoms in total. The topological polar surface area (TPSA) is 145 Å². The molecule has 0 aromatic heterocycles. The van der Waals surface area contributed by atoms with Gasteiger partial charge >= 0.3 is 10.4 Å². The van der Waals surface area contributed by atoms with Crippen LogP contribution in [0.5, 0.6) is 0 Å². The van der Waals surface area contributed by atoms with Crippen molar-refractivity contribution in [1.82, 2.24) is 0 Å². The molecule has 0 aromatic carbocycles. The van der Waals surface area contributed by atoms with Gasteiger partial charge in [-0.25, -0.2) is 4.18 Å². The smallest absolute Gasteiger partial charge is 0.391 e. The molecule has 0 amide bonds. The Balaban J connectivity index is 4.59. The van der Waals surface area contributed by atoms with Crippen LogP contribution in [0.4, 0.5) is 0 Å². The van der Waals surface area contributed by atoms with Crippen LogP contribution in [0, 0.1) is 0 Å². The third-order valence-corrected chi connectivity index (χ3v) is 3.16. The lowest BCUT2D eigenvalue weighted by atomic mass is 10.2. The molecule has 5 N–H and O–H groups in total. The first-order valence-electron chi connectivity index (χ1n) is 5.76. The zero-order valence-electron chi connectivity index (χ0n) is 10.6. The first-order chi connectivity index (χ1) is 8.78. The van der Waals surface area contributed by atoms with Crippen LogP contribution in [-0.4, -0.2) is 96.6 Å².